The van der Waals surface area contributed by atoms with Crippen LogP contribution in [0, 0.1) is 0 Å². The number of H-pyrrole nitrogens is 1. The maximum Gasteiger partial charge on any atom is 0.291 e. The van der Waals surface area contributed by atoms with Gasteiger partial charge < -0.3 is 4.74 Å². The molecule has 2 N–H and O–H groups in total. The molecule has 0 fully saturated rings. The molecule has 0 unspecified atom stereocenters. The molecule has 0 aliphatic heterocycles. The number of aromatic nitrogens is 2. The van der Waals surface area contributed by atoms with Gasteiger partial charge in [0, 0.05) is 5.56 Å². The third-order valence-electron chi connectivity index (χ3n) is 4.11. The summed E-state index contributed by atoms with van der Waals surface area (Å²) < 4.78 is 5.42. The zero-order valence-electron chi connectivity index (χ0n) is 14.5. The van der Waals surface area contributed by atoms with Gasteiger partial charge in [0.05, 0.1) is 23.9 Å². The monoisotopic (exact) mass is 376 g/mol. The molecule has 134 valence electrons. The molecule has 2 aromatic carbocycles. The van der Waals surface area contributed by atoms with E-state index in [1.807, 2.05) is 53.9 Å². The molecule has 0 saturated heterocycles. The first-order valence-corrected chi connectivity index (χ1v) is 9.12. The number of rotatable bonds is 5. The number of hydrazone groups is 1. The van der Waals surface area contributed by atoms with Gasteiger partial charge in [0.25, 0.3) is 5.91 Å². The van der Waals surface area contributed by atoms with Crippen molar-refractivity contribution < 1.29 is 9.53 Å². The topological polar surface area (TPSA) is 79.4 Å². The average Bonchev–Trinajstić information content (AvgIpc) is 3.39. The van der Waals surface area contributed by atoms with Crippen LogP contribution in [-0.2, 0) is 0 Å². The zero-order valence-corrected chi connectivity index (χ0v) is 15.3. The number of hydrogen-bond donors (Lipinski definition) is 2. The van der Waals surface area contributed by atoms with Crippen LogP contribution in [0.15, 0.2) is 65.1 Å². The van der Waals surface area contributed by atoms with Crippen molar-refractivity contribution in [2.75, 3.05) is 7.11 Å². The minimum atomic E-state index is -0.385. The van der Waals surface area contributed by atoms with Crippen molar-refractivity contribution in [1.82, 2.24) is 15.6 Å². The fraction of sp³-hybridized carbons (Fsp3) is 0.0500. The molecule has 27 heavy (non-hydrogen) atoms. The molecule has 0 bridgehead atoms. The Hall–Kier alpha value is -3.45. The fourth-order valence-corrected chi connectivity index (χ4v) is 3.49. The van der Waals surface area contributed by atoms with Gasteiger partial charge in [0.15, 0.2) is 5.69 Å². The van der Waals surface area contributed by atoms with Gasteiger partial charge >= 0.3 is 0 Å². The quantitative estimate of drug-likeness (QED) is 0.407. The van der Waals surface area contributed by atoms with Gasteiger partial charge in [0.2, 0.25) is 0 Å². The van der Waals surface area contributed by atoms with Crippen LogP contribution in [0.25, 0.3) is 21.3 Å². The lowest BCUT2D eigenvalue weighted by atomic mass is 10.0. The number of benzene rings is 2. The predicted octanol–water partition coefficient (Wildman–Crippen LogP) is 4.06. The van der Waals surface area contributed by atoms with E-state index < -0.39 is 0 Å². The van der Waals surface area contributed by atoms with Crippen molar-refractivity contribution in [3.05, 3.63) is 71.2 Å². The maximum absolute atomic E-state index is 12.3. The first-order valence-electron chi connectivity index (χ1n) is 8.24. The molecule has 2 aromatic heterocycles. The summed E-state index contributed by atoms with van der Waals surface area (Å²) in [6, 6.07) is 17.4. The van der Waals surface area contributed by atoms with Crippen LogP contribution in [0.3, 0.4) is 0 Å². The summed E-state index contributed by atoms with van der Waals surface area (Å²) in [5, 5.41) is 15.0. The zero-order chi connectivity index (χ0) is 18.6. The molecule has 1 amide bonds. The van der Waals surface area contributed by atoms with Gasteiger partial charge in [-0.1, -0.05) is 36.4 Å². The predicted molar refractivity (Wildman–Crippen MR) is 107 cm³/mol. The van der Waals surface area contributed by atoms with E-state index in [0.29, 0.717) is 5.75 Å². The minimum absolute atomic E-state index is 0.278. The van der Waals surface area contributed by atoms with Crippen molar-refractivity contribution in [1.29, 1.82) is 0 Å². The highest BCUT2D eigenvalue weighted by Crippen LogP contribution is 2.26. The second-order valence-electron chi connectivity index (χ2n) is 5.75. The molecule has 7 heteroatoms. The molecular formula is C20H16N4O2S. The van der Waals surface area contributed by atoms with Gasteiger partial charge in [-0.2, -0.15) is 10.2 Å². The van der Waals surface area contributed by atoms with Crippen molar-refractivity contribution in [2.45, 2.75) is 0 Å². The molecule has 0 spiro atoms. The van der Waals surface area contributed by atoms with E-state index in [9.17, 15) is 4.79 Å². The van der Waals surface area contributed by atoms with Crippen LogP contribution in [0.4, 0.5) is 0 Å². The number of thiophene rings is 1. The SMILES string of the molecule is COc1ccc2ccccc2c1C=NNC(=O)c1cc(-c2cccs2)[nH]n1. The van der Waals surface area contributed by atoms with Crippen molar-refractivity contribution in [2.24, 2.45) is 5.10 Å². The smallest absolute Gasteiger partial charge is 0.291 e. The van der Waals surface area contributed by atoms with Crippen LogP contribution in [-0.4, -0.2) is 29.4 Å². The Morgan fingerprint density at radius 1 is 1.22 bits per heavy atom. The summed E-state index contributed by atoms with van der Waals surface area (Å²) in [7, 11) is 1.61. The highest BCUT2D eigenvalue weighted by Gasteiger charge is 2.11. The Morgan fingerprint density at radius 2 is 2.11 bits per heavy atom. The van der Waals surface area contributed by atoms with Crippen LogP contribution in [0.1, 0.15) is 16.1 Å². The number of nitrogens with one attached hydrogen (secondary N) is 2. The Morgan fingerprint density at radius 3 is 2.93 bits per heavy atom. The lowest BCUT2D eigenvalue weighted by Gasteiger charge is -2.08. The van der Waals surface area contributed by atoms with Crippen LogP contribution < -0.4 is 10.2 Å². The second-order valence-corrected chi connectivity index (χ2v) is 6.69. The third-order valence-corrected chi connectivity index (χ3v) is 5.01. The summed E-state index contributed by atoms with van der Waals surface area (Å²) in [6.07, 6.45) is 1.59. The number of aromatic amines is 1. The largest absolute Gasteiger partial charge is 0.496 e. The van der Waals surface area contributed by atoms with E-state index in [0.717, 1.165) is 26.9 Å². The van der Waals surface area contributed by atoms with E-state index in [4.69, 9.17) is 4.74 Å². The molecule has 2 heterocycles. The standard InChI is InChI=1S/C20H16N4O2S/c1-26-18-9-8-13-5-2-3-6-14(13)15(18)12-21-24-20(25)17-11-16(22-23-17)19-7-4-10-27-19/h2-12H,1H3,(H,22,23)(H,24,25). The summed E-state index contributed by atoms with van der Waals surface area (Å²) in [4.78, 5) is 13.3. The number of methoxy groups -OCH3 is 1. The molecule has 4 rings (SSSR count). The number of fused-ring (bicyclic) bond motifs is 1. The first-order chi connectivity index (χ1) is 13.3. The Bertz CT molecular complexity index is 1120. The molecular weight excluding hydrogens is 360 g/mol. The number of ether oxygens (including phenoxy) is 1. The molecule has 0 radical (unpaired) electrons. The molecule has 0 aliphatic rings. The van der Waals surface area contributed by atoms with E-state index >= 15 is 0 Å². The van der Waals surface area contributed by atoms with Crippen LogP contribution in [0.5, 0.6) is 5.75 Å². The molecule has 0 aliphatic carbocycles. The van der Waals surface area contributed by atoms with Crippen LogP contribution in [0.2, 0.25) is 0 Å². The number of nitrogens with zero attached hydrogens (tertiary/aromatic N) is 2. The van der Waals surface area contributed by atoms with Gasteiger partial charge in [-0.05, 0) is 34.4 Å². The highest BCUT2D eigenvalue weighted by molar-refractivity contribution is 7.13. The second kappa shape index (κ2) is 7.43. The number of carbonyl (C=O) groups is 1. The van der Waals surface area contributed by atoms with E-state index in [-0.39, 0.29) is 11.6 Å². The van der Waals surface area contributed by atoms with Gasteiger partial charge in [0.1, 0.15) is 5.75 Å². The van der Waals surface area contributed by atoms with E-state index in [1.54, 1.807) is 30.7 Å². The Labute approximate surface area is 159 Å². The normalized spacial score (nSPS) is 11.1. The Balaban J connectivity index is 1.54. The number of carbonyl (C=O) groups excluding carboxylic acids is 1. The third kappa shape index (κ3) is 3.45. The Kier molecular flexibility index (Phi) is 4.67. The summed E-state index contributed by atoms with van der Waals surface area (Å²) in [5.41, 5.74) is 4.40. The molecule has 6 nitrogen and oxygen atoms in total. The van der Waals surface area contributed by atoms with E-state index in [1.165, 1.54) is 0 Å². The summed E-state index contributed by atoms with van der Waals surface area (Å²) >= 11 is 1.57. The average molecular weight is 376 g/mol. The molecule has 0 atom stereocenters. The lowest BCUT2D eigenvalue weighted by Crippen LogP contribution is -2.18. The van der Waals surface area contributed by atoms with Crippen molar-refractivity contribution in [3.8, 4) is 16.3 Å². The molecule has 4 aromatic rings. The fourth-order valence-electron chi connectivity index (χ4n) is 2.80. The summed E-state index contributed by atoms with van der Waals surface area (Å²) in [5.74, 6) is 0.302. The number of hydrogen-bond acceptors (Lipinski definition) is 5. The van der Waals surface area contributed by atoms with Gasteiger partial charge in [-0.15, -0.1) is 11.3 Å². The minimum Gasteiger partial charge on any atom is -0.496 e. The van der Waals surface area contributed by atoms with Crippen LogP contribution >= 0.6 is 11.3 Å². The van der Waals surface area contributed by atoms with Crippen molar-refractivity contribution in [3.63, 3.8) is 0 Å². The molecule has 0 saturated carbocycles. The highest BCUT2D eigenvalue weighted by atomic mass is 32.1. The summed E-state index contributed by atoms with van der Waals surface area (Å²) in [6.45, 7) is 0. The lowest BCUT2D eigenvalue weighted by molar-refractivity contribution is 0.0950. The van der Waals surface area contributed by atoms with Crippen molar-refractivity contribution >= 4 is 34.2 Å². The number of amides is 1. The van der Waals surface area contributed by atoms with E-state index in [2.05, 4.69) is 20.7 Å². The van der Waals surface area contributed by atoms with Gasteiger partial charge in [-0.3, -0.25) is 9.89 Å². The first kappa shape index (κ1) is 17.0. The maximum atomic E-state index is 12.3. The van der Waals surface area contributed by atoms with Gasteiger partial charge in [-0.25, -0.2) is 5.43 Å².